The van der Waals surface area contributed by atoms with Gasteiger partial charge in [0.25, 0.3) is 0 Å². The van der Waals surface area contributed by atoms with Gasteiger partial charge in [0.05, 0.1) is 26.4 Å². The van der Waals surface area contributed by atoms with E-state index in [0.29, 0.717) is 38.5 Å². The van der Waals surface area contributed by atoms with Crippen LogP contribution in [-0.4, -0.2) is 56.6 Å². The maximum atomic E-state index is 13.9. The number of urea groups is 1. The molecular weight excluding hydrogens is 407 g/mol. The molecule has 2 aromatic rings. The van der Waals surface area contributed by atoms with E-state index >= 15 is 0 Å². The third kappa shape index (κ3) is 4.80. The van der Waals surface area contributed by atoms with Crippen LogP contribution in [0.15, 0.2) is 29.7 Å². The lowest BCUT2D eigenvalue weighted by Gasteiger charge is -2.27. The van der Waals surface area contributed by atoms with Gasteiger partial charge in [-0.15, -0.1) is 11.3 Å². The molecule has 4 rings (SSSR count). The van der Waals surface area contributed by atoms with Gasteiger partial charge in [-0.25, -0.2) is 14.2 Å². The molecule has 3 N–H and O–H groups in total. The van der Waals surface area contributed by atoms with Gasteiger partial charge in [0.15, 0.2) is 0 Å². The number of piperidine rings is 1. The van der Waals surface area contributed by atoms with Gasteiger partial charge in [-0.05, 0) is 31.0 Å². The van der Waals surface area contributed by atoms with Crippen molar-refractivity contribution in [3.63, 3.8) is 0 Å². The number of carbonyl (C=O) groups is 1. The number of carbonyl (C=O) groups excluding carboxylic acids is 1. The van der Waals surface area contributed by atoms with Crippen molar-refractivity contribution in [2.75, 3.05) is 38.7 Å². The van der Waals surface area contributed by atoms with Gasteiger partial charge >= 0.3 is 6.03 Å². The molecular formula is C21H25FN4O3S. The molecule has 2 atom stereocenters. The van der Waals surface area contributed by atoms with E-state index in [9.17, 15) is 9.18 Å². The first-order chi connectivity index (χ1) is 14.6. The Kier molecular flexibility index (Phi) is 6.61. The molecule has 2 aliphatic rings. The van der Waals surface area contributed by atoms with Crippen LogP contribution in [0, 0.1) is 0 Å². The normalized spacial score (nSPS) is 21.6. The Labute approximate surface area is 178 Å². The molecule has 0 spiro atoms. The van der Waals surface area contributed by atoms with E-state index < -0.39 is 18.2 Å². The van der Waals surface area contributed by atoms with E-state index in [1.807, 2.05) is 18.2 Å². The standard InChI is InChI=1S/C21H25FN4O3S/c1-28-18-10-14(2-3-15(18)13-5-8-29-9-6-13)20-25-19(12-30-20)26-21(27)24-17-11-23-7-4-16(17)22/h2-3,5,10,12,16-17,23H,4,6-9,11H2,1H3,(H2,24,26,27)/t16-,17+/m1/s1. The van der Waals surface area contributed by atoms with Crippen LogP contribution in [0.25, 0.3) is 16.1 Å². The molecule has 9 heteroatoms. The summed E-state index contributed by atoms with van der Waals surface area (Å²) in [7, 11) is 1.65. The summed E-state index contributed by atoms with van der Waals surface area (Å²) in [5.74, 6) is 1.21. The Morgan fingerprint density at radius 2 is 2.33 bits per heavy atom. The highest BCUT2D eigenvalue weighted by molar-refractivity contribution is 7.13. The fourth-order valence-electron chi connectivity index (χ4n) is 3.61. The number of aromatic nitrogens is 1. The second-order valence-corrected chi connectivity index (χ2v) is 8.08. The molecule has 0 bridgehead atoms. The van der Waals surface area contributed by atoms with Crippen molar-refractivity contribution in [1.82, 2.24) is 15.6 Å². The molecule has 7 nitrogen and oxygen atoms in total. The van der Waals surface area contributed by atoms with Crippen LogP contribution in [0.2, 0.25) is 0 Å². The topological polar surface area (TPSA) is 84.5 Å². The summed E-state index contributed by atoms with van der Waals surface area (Å²) >= 11 is 1.42. The van der Waals surface area contributed by atoms with Gasteiger partial charge < -0.3 is 20.1 Å². The molecule has 1 aromatic heterocycles. The third-order valence-corrected chi connectivity index (χ3v) is 6.11. The molecule has 1 fully saturated rings. The number of benzene rings is 1. The molecule has 160 valence electrons. The predicted molar refractivity (Wildman–Crippen MR) is 116 cm³/mol. The average molecular weight is 433 g/mol. The molecule has 1 saturated heterocycles. The molecule has 0 radical (unpaired) electrons. The summed E-state index contributed by atoms with van der Waals surface area (Å²) in [6.07, 6.45) is 2.29. The van der Waals surface area contributed by atoms with Gasteiger partial charge in [-0.1, -0.05) is 18.2 Å². The zero-order valence-corrected chi connectivity index (χ0v) is 17.6. The molecule has 2 amide bonds. The van der Waals surface area contributed by atoms with Gasteiger partial charge in [0.2, 0.25) is 0 Å². The fraction of sp³-hybridized carbons (Fsp3) is 0.429. The van der Waals surface area contributed by atoms with Crippen LogP contribution in [0.1, 0.15) is 18.4 Å². The van der Waals surface area contributed by atoms with Crippen molar-refractivity contribution < 1.29 is 18.7 Å². The Hall–Kier alpha value is -2.49. The number of nitrogens with one attached hydrogen (secondary N) is 3. The zero-order chi connectivity index (χ0) is 20.9. The SMILES string of the molecule is COc1cc(-c2nc(NC(=O)N[C@H]3CNCC[C@H]3F)cs2)ccc1C1=CCOCC1. The predicted octanol–water partition coefficient (Wildman–Crippen LogP) is 3.44. The monoisotopic (exact) mass is 432 g/mol. The summed E-state index contributed by atoms with van der Waals surface area (Å²) in [4.78, 5) is 16.7. The summed E-state index contributed by atoms with van der Waals surface area (Å²) in [6, 6.07) is 4.99. The van der Waals surface area contributed by atoms with E-state index in [1.54, 1.807) is 12.5 Å². The third-order valence-electron chi connectivity index (χ3n) is 5.22. The minimum absolute atomic E-state index is 0.396. The van der Waals surface area contributed by atoms with Gasteiger partial charge in [0, 0.05) is 23.1 Å². The number of rotatable bonds is 5. The minimum atomic E-state index is -1.04. The largest absolute Gasteiger partial charge is 0.496 e. The Balaban J connectivity index is 1.44. The number of ether oxygens (including phenoxy) is 2. The van der Waals surface area contributed by atoms with Crippen LogP contribution in [0.5, 0.6) is 5.75 Å². The number of methoxy groups -OCH3 is 1. The smallest absolute Gasteiger partial charge is 0.320 e. The maximum Gasteiger partial charge on any atom is 0.320 e. The van der Waals surface area contributed by atoms with Crippen molar-refractivity contribution in [2.45, 2.75) is 25.1 Å². The minimum Gasteiger partial charge on any atom is -0.496 e. The molecule has 0 saturated carbocycles. The van der Waals surface area contributed by atoms with Gasteiger partial charge in [-0.2, -0.15) is 0 Å². The van der Waals surface area contributed by atoms with Crippen LogP contribution in [0.3, 0.4) is 0 Å². The van der Waals surface area contributed by atoms with E-state index in [4.69, 9.17) is 9.47 Å². The number of alkyl halides is 1. The van der Waals surface area contributed by atoms with Crippen molar-refractivity contribution in [3.8, 4) is 16.3 Å². The molecule has 1 aromatic carbocycles. The van der Waals surface area contributed by atoms with Crippen LogP contribution < -0.4 is 20.7 Å². The van der Waals surface area contributed by atoms with E-state index in [2.05, 4.69) is 27.0 Å². The molecule has 2 aliphatic heterocycles. The Morgan fingerprint density at radius 3 is 3.10 bits per heavy atom. The second-order valence-electron chi connectivity index (χ2n) is 7.22. The lowest BCUT2D eigenvalue weighted by molar-refractivity contribution is 0.161. The number of nitrogens with zero attached hydrogens (tertiary/aromatic N) is 1. The summed E-state index contributed by atoms with van der Waals surface area (Å²) in [5.41, 5.74) is 3.17. The number of anilines is 1. The highest BCUT2D eigenvalue weighted by Gasteiger charge is 2.26. The molecule has 30 heavy (non-hydrogen) atoms. The highest BCUT2D eigenvalue weighted by atomic mass is 32.1. The number of amides is 2. The Bertz CT molecular complexity index is 933. The summed E-state index contributed by atoms with van der Waals surface area (Å²) in [6.45, 7) is 2.37. The molecule has 0 aliphatic carbocycles. The van der Waals surface area contributed by atoms with Crippen LogP contribution in [0.4, 0.5) is 15.0 Å². The highest BCUT2D eigenvalue weighted by Crippen LogP contribution is 2.35. The van der Waals surface area contributed by atoms with Crippen molar-refractivity contribution in [3.05, 3.63) is 35.2 Å². The summed E-state index contributed by atoms with van der Waals surface area (Å²) in [5, 5.41) is 11.0. The first-order valence-electron chi connectivity index (χ1n) is 9.97. The number of hydrogen-bond acceptors (Lipinski definition) is 6. The van der Waals surface area contributed by atoms with Crippen molar-refractivity contribution >= 4 is 28.8 Å². The first-order valence-corrected chi connectivity index (χ1v) is 10.9. The van der Waals surface area contributed by atoms with Crippen molar-refractivity contribution in [2.24, 2.45) is 0 Å². The second kappa shape index (κ2) is 9.55. The van der Waals surface area contributed by atoms with Gasteiger partial charge in [0.1, 0.15) is 22.7 Å². The number of hydrogen-bond donors (Lipinski definition) is 3. The van der Waals surface area contributed by atoms with Crippen LogP contribution >= 0.6 is 11.3 Å². The van der Waals surface area contributed by atoms with E-state index in [0.717, 1.165) is 28.3 Å². The number of thiazole rings is 1. The fourth-order valence-corrected chi connectivity index (χ4v) is 4.36. The van der Waals surface area contributed by atoms with Crippen molar-refractivity contribution in [1.29, 1.82) is 0 Å². The lowest BCUT2D eigenvalue weighted by atomic mass is 9.99. The Morgan fingerprint density at radius 1 is 1.43 bits per heavy atom. The first kappa shape index (κ1) is 20.8. The summed E-state index contributed by atoms with van der Waals surface area (Å²) < 4.78 is 24.9. The average Bonchev–Trinajstić information content (AvgIpc) is 3.24. The molecule has 3 heterocycles. The number of halogens is 1. The van der Waals surface area contributed by atoms with Gasteiger partial charge in [-0.3, -0.25) is 5.32 Å². The quantitative estimate of drug-likeness (QED) is 0.674. The lowest BCUT2D eigenvalue weighted by Crippen LogP contribution is -2.53. The van der Waals surface area contributed by atoms with E-state index in [1.165, 1.54) is 16.9 Å². The maximum absolute atomic E-state index is 13.9. The molecule has 0 unspecified atom stereocenters. The van der Waals surface area contributed by atoms with E-state index in [-0.39, 0.29) is 0 Å². The zero-order valence-electron chi connectivity index (χ0n) is 16.7. The van der Waals surface area contributed by atoms with Crippen LogP contribution in [-0.2, 0) is 4.74 Å².